The molecule has 4 rings (SSSR count). The fourth-order valence-corrected chi connectivity index (χ4v) is 2.79. The summed E-state index contributed by atoms with van der Waals surface area (Å²) in [5, 5.41) is 2.80. The molecule has 0 atom stereocenters. The molecule has 116 valence electrons. The number of para-hydroxylation sites is 2. The van der Waals surface area contributed by atoms with Gasteiger partial charge in [-0.2, -0.15) is 0 Å². The second kappa shape index (κ2) is 5.50. The molecule has 0 radical (unpaired) electrons. The smallest absolute Gasteiger partial charge is 0.244 e. The van der Waals surface area contributed by atoms with Gasteiger partial charge in [-0.3, -0.25) is 4.79 Å². The second-order valence-corrected chi connectivity index (χ2v) is 5.87. The Hall–Kier alpha value is -2.69. The van der Waals surface area contributed by atoms with Crippen LogP contribution in [0.1, 0.15) is 24.6 Å². The van der Waals surface area contributed by atoms with Gasteiger partial charge in [0.05, 0.1) is 11.0 Å². The van der Waals surface area contributed by atoms with Gasteiger partial charge in [-0.25, -0.2) is 9.37 Å². The van der Waals surface area contributed by atoms with Crippen LogP contribution in [-0.4, -0.2) is 15.5 Å². The normalized spacial score (nSPS) is 14.1. The van der Waals surface area contributed by atoms with E-state index in [4.69, 9.17) is 0 Å². The Morgan fingerprint density at radius 2 is 1.91 bits per heavy atom. The van der Waals surface area contributed by atoms with Crippen molar-refractivity contribution >= 4 is 22.6 Å². The first-order chi connectivity index (χ1) is 11.2. The van der Waals surface area contributed by atoms with Gasteiger partial charge >= 0.3 is 0 Å². The molecule has 1 amide bonds. The van der Waals surface area contributed by atoms with Crippen LogP contribution >= 0.6 is 0 Å². The first kappa shape index (κ1) is 13.9. The summed E-state index contributed by atoms with van der Waals surface area (Å²) in [4.78, 5) is 17.0. The number of rotatable bonds is 4. The number of hydrogen-bond acceptors (Lipinski definition) is 2. The lowest BCUT2D eigenvalue weighted by Crippen LogP contribution is -2.20. The number of amides is 1. The van der Waals surface area contributed by atoms with Crippen LogP contribution in [0.15, 0.2) is 48.5 Å². The average Bonchev–Trinajstić information content (AvgIpc) is 3.33. The number of anilines is 1. The zero-order valence-electron chi connectivity index (χ0n) is 12.5. The van der Waals surface area contributed by atoms with Crippen molar-refractivity contribution < 1.29 is 9.18 Å². The molecule has 0 saturated heterocycles. The maximum atomic E-state index is 12.9. The zero-order chi connectivity index (χ0) is 15.8. The van der Waals surface area contributed by atoms with Gasteiger partial charge in [0.1, 0.15) is 18.2 Å². The minimum atomic E-state index is -0.320. The lowest BCUT2D eigenvalue weighted by atomic mass is 10.3. The summed E-state index contributed by atoms with van der Waals surface area (Å²) in [5.41, 5.74) is 2.49. The topological polar surface area (TPSA) is 46.9 Å². The second-order valence-electron chi connectivity index (χ2n) is 5.87. The first-order valence-electron chi connectivity index (χ1n) is 7.71. The summed E-state index contributed by atoms with van der Waals surface area (Å²) in [5.74, 6) is 0.989. The van der Waals surface area contributed by atoms with Crippen molar-refractivity contribution in [3.05, 3.63) is 60.2 Å². The van der Waals surface area contributed by atoms with E-state index >= 15 is 0 Å². The van der Waals surface area contributed by atoms with E-state index in [2.05, 4.69) is 10.3 Å². The van der Waals surface area contributed by atoms with Gasteiger partial charge in [-0.15, -0.1) is 0 Å². The van der Waals surface area contributed by atoms with Gasteiger partial charge in [0, 0.05) is 11.6 Å². The maximum Gasteiger partial charge on any atom is 0.244 e. The molecule has 1 aliphatic rings. The van der Waals surface area contributed by atoms with E-state index in [1.54, 1.807) is 12.1 Å². The molecule has 5 heteroatoms. The summed E-state index contributed by atoms with van der Waals surface area (Å²) in [6.45, 7) is 0.212. The molecule has 0 aliphatic heterocycles. The van der Waals surface area contributed by atoms with Crippen molar-refractivity contribution in [2.75, 3.05) is 5.32 Å². The molecule has 1 heterocycles. The fourth-order valence-electron chi connectivity index (χ4n) is 2.79. The van der Waals surface area contributed by atoms with E-state index in [1.807, 2.05) is 28.8 Å². The predicted molar refractivity (Wildman–Crippen MR) is 86.7 cm³/mol. The Balaban J connectivity index is 1.60. The highest BCUT2D eigenvalue weighted by Crippen LogP contribution is 2.40. The number of carbonyl (C=O) groups is 1. The monoisotopic (exact) mass is 309 g/mol. The van der Waals surface area contributed by atoms with Crippen LogP contribution in [-0.2, 0) is 11.3 Å². The SMILES string of the molecule is O=C(Cn1c(C2CC2)nc2ccccc21)Nc1ccc(F)cc1. The molecule has 1 fully saturated rings. The molecule has 3 aromatic rings. The Bertz CT molecular complexity index is 866. The lowest BCUT2D eigenvalue weighted by molar-refractivity contribution is -0.116. The van der Waals surface area contributed by atoms with Crippen LogP contribution < -0.4 is 5.32 Å². The molecule has 0 bridgehead atoms. The third-order valence-electron chi connectivity index (χ3n) is 4.06. The highest BCUT2D eigenvalue weighted by atomic mass is 19.1. The van der Waals surface area contributed by atoms with Gasteiger partial charge in [-0.05, 0) is 49.2 Å². The molecule has 1 aromatic heterocycles. The molecule has 1 saturated carbocycles. The number of imidazole rings is 1. The number of hydrogen-bond donors (Lipinski definition) is 1. The summed E-state index contributed by atoms with van der Waals surface area (Å²) in [6, 6.07) is 13.6. The Kier molecular flexibility index (Phi) is 3.33. The summed E-state index contributed by atoms with van der Waals surface area (Å²) >= 11 is 0. The Morgan fingerprint density at radius 1 is 1.17 bits per heavy atom. The zero-order valence-corrected chi connectivity index (χ0v) is 12.5. The van der Waals surface area contributed by atoms with Crippen LogP contribution in [0.25, 0.3) is 11.0 Å². The first-order valence-corrected chi connectivity index (χ1v) is 7.71. The molecule has 23 heavy (non-hydrogen) atoms. The molecule has 1 aliphatic carbocycles. The summed E-state index contributed by atoms with van der Waals surface area (Å²) < 4.78 is 14.9. The van der Waals surface area contributed by atoms with Crippen molar-refractivity contribution in [2.45, 2.75) is 25.3 Å². The van der Waals surface area contributed by atoms with Crippen LogP contribution in [0.2, 0.25) is 0 Å². The molecule has 1 N–H and O–H groups in total. The van der Waals surface area contributed by atoms with E-state index in [1.165, 1.54) is 12.1 Å². The fraction of sp³-hybridized carbons (Fsp3) is 0.222. The van der Waals surface area contributed by atoms with Crippen molar-refractivity contribution in [1.29, 1.82) is 0 Å². The standard InChI is InChI=1S/C18H16FN3O/c19-13-7-9-14(10-8-13)20-17(23)11-22-16-4-2-1-3-15(16)21-18(22)12-5-6-12/h1-4,7-10,12H,5-6,11H2,(H,20,23). The predicted octanol–water partition coefficient (Wildman–Crippen LogP) is 3.69. The van der Waals surface area contributed by atoms with Gasteiger partial charge in [0.25, 0.3) is 0 Å². The van der Waals surface area contributed by atoms with Crippen molar-refractivity contribution in [2.24, 2.45) is 0 Å². The highest BCUT2D eigenvalue weighted by Gasteiger charge is 2.30. The minimum Gasteiger partial charge on any atom is -0.325 e. The van der Waals surface area contributed by atoms with Crippen molar-refractivity contribution in [3.8, 4) is 0 Å². The summed E-state index contributed by atoms with van der Waals surface area (Å²) in [7, 11) is 0. The third-order valence-corrected chi connectivity index (χ3v) is 4.06. The van der Waals surface area contributed by atoms with Crippen LogP contribution in [0.4, 0.5) is 10.1 Å². The van der Waals surface area contributed by atoms with Crippen LogP contribution in [0.3, 0.4) is 0 Å². The average molecular weight is 309 g/mol. The third kappa shape index (κ3) is 2.82. The maximum absolute atomic E-state index is 12.9. The van der Waals surface area contributed by atoms with Crippen molar-refractivity contribution in [3.63, 3.8) is 0 Å². The number of aromatic nitrogens is 2. The number of nitrogens with one attached hydrogen (secondary N) is 1. The largest absolute Gasteiger partial charge is 0.325 e. The lowest BCUT2D eigenvalue weighted by Gasteiger charge is -2.09. The van der Waals surface area contributed by atoms with E-state index in [0.29, 0.717) is 11.6 Å². The van der Waals surface area contributed by atoms with Crippen LogP contribution in [0, 0.1) is 5.82 Å². The van der Waals surface area contributed by atoms with E-state index in [9.17, 15) is 9.18 Å². The quantitative estimate of drug-likeness (QED) is 0.799. The number of halogens is 1. The number of fused-ring (bicyclic) bond motifs is 1. The van der Waals surface area contributed by atoms with Crippen LogP contribution in [0.5, 0.6) is 0 Å². The van der Waals surface area contributed by atoms with Gasteiger partial charge in [-0.1, -0.05) is 12.1 Å². The number of nitrogens with zero attached hydrogens (tertiary/aromatic N) is 2. The van der Waals surface area contributed by atoms with E-state index < -0.39 is 0 Å². The van der Waals surface area contributed by atoms with Gasteiger partial charge in [0.15, 0.2) is 0 Å². The Labute approximate surface area is 133 Å². The van der Waals surface area contributed by atoms with Crippen molar-refractivity contribution in [1.82, 2.24) is 9.55 Å². The molecular formula is C18H16FN3O. The molecule has 4 nitrogen and oxygen atoms in total. The minimum absolute atomic E-state index is 0.137. The molecular weight excluding hydrogens is 293 g/mol. The number of benzene rings is 2. The molecule has 0 spiro atoms. The van der Waals surface area contributed by atoms with E-state index in [0.717, 1.165) is 29.7 Å². The van der Waals surface area contributed by atoms with Gasteiger partial charge in [0.2, 0.25) is 5.91 Å². The molecule has 0 unspecified atom stereocenters. The van der Waals surface area contributed by atoms with Gasteiger partial charge < -0.3 is 9.88 Å². The Morgan fingerprint density at radius 3 is 2.65 bits per heavy atom. The highest BCUT2D eigenvalue weighted by molar-refractivity contribution is 5.91. The van der Waals surface area contributed by atoms with E-state index in [-0.39, 0.29) is 18.3 Å². The summed E-state index contributed by atoms with van der Waals surface area (Å²) in [6.07, 6.45) is 2.26. The molecule has 2 aromatic carbocycles. The number of carbonyl (C=O) groups excluding carboxylic acids is 1.